The Labute approximate surface area is 116 Å². The highest BCUT2D eigenvalue weighted by molar-refractivity contribution is 5.93. The summed E-state index contributed by atoms with van der Waals surface area (Å²) in [7, 11) is 0. The van der Waals surface area contributed by atoms with Gasteiger partial charge >= 0.3 is 0 Å². The smallest absolute Gasteiger partial charge is 0.268 e. The van der Waals surface area contributed by atoms with Gasteiger partial charge in [-0.2, -0.15) is 0 Å². The lowest BCUT2D eigenvalue weighted by Gasteiger charge is -2.30. The highest BCUT2D eigenvalue weighted by Crippen LogP contribution is 2.24. The van der Waals surface area contributed by atoms with E-state index >= 15 is 0 Å². The molecular formula is C14H20F2N2O2. The summed E-state index contributed by atoms with van der Waals surface area (Å²) in [6, 6.07) is 3.05. The number of nitrogens with zero attached hydrogens (tertiary/aromatic N) is 1. The van der Waals surface area contributed by atoms with Gasteiger partial charge in [-0.25, -0.2) is 8.78 Å². The topological polar surface area (TPSA) is 54.3 Å². The van der Waals surface area contributed by atoms with E-state index in [1.54, 1.807) is 6.07 Å². The molecule has 2 rings (SSSR count). The van der Waals surface area contributed by atoms with Crippen LogP contribution in [-0.4, -0.2) is 34.7 Å². The first-order valence-electron chi connectivity index (χ1n) is 6.97. The van der Waals surface area contributed by atoms with Crippen molar-refractivity contribution in [2.24, 2.45) is 5.92 Å². The van der Waals surface area contributed by atoms with E-state index in [2.05, 4.69) is 5.32 Å². The van der Waals surface area contributed by atoms with E-state index in [4.69, 9.17) is 0 Å². The third kappa shape index (κ3) is 3.56. The number of carbonyl (C=O) groups excluding carboxylic acids is 1. The van der Waals surface area contributed by atoms with Gasteiger partial charge in [0.15, 0.2) is 0 Å². The highest BCUT2D eigenvalue weighted by atomic mass is 19.3. The Balaban J connectivity index is 2.02. The summed E-state index contributed by atoms with van der Waals surface area (Å²) >= 11 is 0. The van der Waals surface area contributed by atoms with Crippen LogP contribution in [0.15, 0.2) is 18.3 Å². The van der Waals surface area contributed by atoms with Crippen molar-refractivity contribution in [3.63, 3.8) is 0 Å². The van der Waals surface area contributed by atoms with Crippen LogP contribution in [0.3, 0.4) is 0 Å². The molecule has 0 radical (unpaired) electrons. The van der Waals surface area contributed by atoms with Gasteiger partial charge in [0.2, 0.25) is 0 Å². The zero-order valence-electron chi connectivity index (χ0n) is 11.3. The van der Waals surface area contributed by atoms with Gasteiger partial charge in [-0.15, -0.1) is 0 Å². The van der Waals surface area contributed by atoms with E-state index in [-0.39, 0.29) is 30.2 Å². The number of amides is 1. The lowest BCUT2D eigenvalue weighted by molar-refractivity contribution is 0.0853. The number of nitrogens with one attached hydrogen (secondary N) is 1. The summed E-state index contributed by atoms with van der Waals surface area (Å²) < 4.78 is 26.1. The number of halogens is 2. The molecule has 1 heterocycles. The number of hydrogen-bond acceptors (Lipinski definition) is 2. The van der Waals surface area contributed by atoms with Crippen LogP contribution in [0, 0.1) is 5.92 Å². The molecule has 1 aromatic rings. The van der Waals surface area contributed by atoms with Crippen molar-refractivity contribution in [2.45, 2.75) is 44.7 Å². The summed E-state index contributed by atoms with van der Waals surface area (Å²) in [5, 5.41) is 12.2. The quantitative estimate of drug-likeness (QED) is 0.870. The molecule has 0 spiro atoms. The molecule has 0 aliphatic heterocycles. The first-order valence-corrected chi connectivity index (χ1v) is 6.97. The molecule has 1 aliphatic carbocycles. The van der Waals surface area contributed by atoms with Crippen LogP contribution in [0.5, 0.6) is 0 Å². The molecule has 0 bridgehead atoms. The third-order valence-corrected chi connectivity index (χ3v) is 3.86. The van der Waals surface area contributed by atoms with Gasteiger partial charge in [0.05, 0.1) is 6.54 Å². The summed E-state index contributed by atoms with van der Waals surface area (Å²) in [6.07, 6.45) is 2.77. The van der Waals surface area contributed by atoms with E-state index in [0.717, 1.165) is 25.7 Å². The number of carbonyl (C=O) groups is 1. The van der Waals surface area contributed by atoms with Gasteiger partial charge in [-0.05, 0) is 25.0 Å². The summed E-state index contributed by atoms with van der Waals surface area (Å²) in [5.74, 6) is -0.285. The number of aromatic nitrogens is 1. The second-order valence-electron chi connectivity index (χ2n) is 5.24. The molecule has 0 saturated heterocycles. The zero-order chi connectivity index (χ0) is 14.5. The summed E-state index contributed by atoms with van der Waals surface area (Å²) in [4.78, 5) is 12.2. The maximum atomic E-state index is 12.4. The Hall–Kier alpha value is -1.43. The van der Waals surface area contributed by atoms with E-state index in [0.29, 0.717) is 0 Å². The monoisotopic (exact) mass is 286 g/mol. The molecule has 1 saturated carbocycles. The molecule has 1 fully saturated rings. The van der Waals surface area contributed by atoms with Crippen molar-refractivity contribution < 1.29 is 18.7 Å². The fourth-order valence-corrected chi connectivity index (χ4v) is 2.79. The number of rotatable bonds is 5. The van der Waals surface area contributed by atoms with E-state index < -0.39 is 13.0 Å². The number of aliphatic hydroxyl groups is 1. The predicted octanol–water partition coefficient (Wildman–Crippen LogP) is 2.03. The van der Waals surface area contributed by atoms with Gasteiger partial charge in [0.1, 0.15) is 5.69 Å². The largest absolute Gasteiger partial charge is 0.396 e. The maximum absolute atomic E-state index is 12.4. The fraction of sp³-hybridized carbons (Fsp3) is 0.643. The van der Waals surface area contributed by atoms with Gasteiger partial charge in [-0.3, -0.25) is 4.79 Å². The minimum Gasteiger partial charge on any atom is -0.396 e. The van der Waals surface area contributed by atoms with Gasteiger partial charge in [0.25, 0.3) is 12.3 Å². The Kier molecular flexibility index (Phi) is 5.11. The van der Waals surface area contributed by atoms with Crippen LogP contribution in [0.25, 0.3) is 0 Å². The van der Waals surface area contributed by atoms with Gasteiger partial charge < -0.3 is 15.0 Å². The number of hydrogen-bond donors (Lipinski definition) is 2. The first kappa shape index (κ1) is 15.0. The minimum absolute atomic E-state index is 0.0446. The lowest BCUT2D eigenvalue weighted by atomic mass is 9.85. The van der Waals surface area contributed by atoms with Crippen LogP contribution >= 0.6 is 0 Å². The lowest BCUT2D eigenvalue weighted by Crippen LogP contribution is -2.44. The molecule has 2 unspecified atom stereocenters. The Morgan fingerprint density at radius 2 is 2.20 bits per heavy atom. The van der Waals surface area contributed by atoms with Gasteiger partial charge in [0, 0.05) is 24.8 Å². The van der Waals surface area contributed by atoms with Crippen molar-refractivity contribution in [3.05, 3.63) is 24.0 Å². The molecule has 2 N–H and O–H groups in total. The second-order valence-corrected chi connectivity index (χ2v) is 5.24. The van der Waals surface area contributed by atoms with E-state index in [1.165, 1.54) is 16.8 Å². The van der Waals surface area contributed by atoms with Gasteiger partial charge in [-0.1, -0.05) is 12.8 Å². The Morgan fingerprint density at radius 3 is 2.90 bits per heavy atom. The standard InChI is InChI=1S/C14H20F2N2O2/c15-13(16)8-18-7-3-6-12(18)14(20)17-11-5-2-1-4-10(11)9-19/h3,6-7,10-11,13,19H,1-2,4-5,8-9H2,(H,17,20). The SMILES string of the molecule is O=C(NC1CCCCC1CO)c1cccn1CC(F)F. The molecule has 0 aromatic carbocycles. The van der Waals surface area contributed by atoms with E-state index in [9.17, 15) is 18.7 Å². The molecule has 4 nitrogen and oxygen atoms in total. The predicted molar refractivity (Wildman–Crippen MR) is 70.7 cm³/mol. The maximum Gasteiger partial charge on any atom is 0.268 e. The number of aliphatic hydroxyl groups excluding tert-OH is 1. The Morgan fingerprint density at radius 1 is 1.45 bits per heavy atom. The molecule has 1 aromatic heterocycles. The number of alkyl halides is 2. The molecule has 20 heavy (non-hydrogen) atoms. The van der Waals surface area contributed by atoms with Crippen LogP contribution < -0.4 is 5.32 Å². The molecule has 6 heteroatoms. The zero-order valence-corrected chi connectivity index (χ0v) is 11.3. The highest BCUT2D eigenvalue weighted by Gasteiger charge is 2.27. The molecular weight excluding hydrogens is 266 g/mol. The minimum atomic E-state index is -2.49. The van der Waals surface area contributed by atoms with E-state index in [1.807, 2.05) is 0 Å². The fourth-order valence-electron chi connectivity index (χ4n) is 2.79. The van der Waals surface area contributed by atoms with Crippen molar-refractivity contribution in [2.75, 3.05) is 6.61 Å². The molecule has 112 valence electrons. The summed E-state index contributed by atoms with van der Waals surface area (Å²) in [6.45, 7) is -0.438. The molecule has 1 amide bonds. The van der Waals surface area contributed by atoms with Crippen LogP contribution in [-0.2, 0) is 6.54 Å². The van der Waals surface area contributed by atoms with Crippen LogP contribution in [0.4, 0.5) is 8.78 Å². The van der Waals surface area contributed by atoms with Crippen molar-refractivity contribution >= 4 is 5.91 Å². The first-order chi connectivity index (χ1) is 9.61. The Bertz CT molecular complexity index is 448. The van der Waals surface area contributed by atoms with Crippen molar-refractivity contribution in [1.29, 1.82) is 0 Å². The van der Waals surface area contributed by atoms with Crippen LogP contribution in [0.2, 0.25) is 0 Å². The van der Waals surface area contributed by atoms with Crippen LogP contribution in [0.1, 0.15) is 36.2 Å². The average Bonchev–Trinajstić information content (AvgIpc) is 2.86. The second kappa shape index (κ2) is 6.83. The average molecular weight is 286 g/mol. The molecule has 2 atom stereocenters. The third-order valence-electron chi connectivity index (χ3n) is 3.86. The summed E-state index contributed by atoms with van der Waals surface area (Å²) in [5.41, 5.74) is 0.243. The van der Waals surface area contributed by atoms with Crippen molar-refractivity contribution in [1.82, 2.24) is 9.88 Å². The molecule has 1 aliphatic rings. The normalized spacial score (nSPS) is 23.0. The van der Waals surface area contributed by atoms with Crippen molar-refractivity contribution in [3.8, 4) is 0 Å².